The average molecular weight is 291 g/mol. The van der Waals surface area contributed by atoms with Crippen LogP contribution >= 0.6 is 11.6 Å². The van der Waals surface area contributed by atoms with Crippen LogP contribution in [0.3, 0.4) is 0 Å². The van der Waals surface area contributed by atoms with E-state index in [9.17, 15) is 0 Å². The first-order valence-corrected chi connectivity index (χ1v) is 6.71. The lowest BCUT2D eigenvalue weighted by Gasteiger charge is -2.18. The van der Waals surface area contributed by atoms with Crippen LogP contribution in [0.5, 0.6) is 5.75 Å². The van der Waals surface area contributed by atoms with Gasteiger partial charge in [-0.1, -0.05) is 11.6 Å². The summed E-state index contributed by atoms with van der Waals surface area (Å²) in [4.78, 5) is 0. The van der Waals surface area contributed by atoms with Crippen molar-refractivity contribution < 1.29 is 9.15 Å². The minimum absolute atomic E-state index is 0.206. The normalized spacial score (nSPS) is 11.8. The molecular weight excluding hydrogens is 276 g/mol. The maximum Gasteiger partial charge on any atom is 0.139 e. The molecule has 0 aliphatic rings. The first-order valence-electron chi connectivity index (χ1n) is 6.33. The van der Waals surface area contributed by atoms with Crippen molar-refractivity contribution in [2.24, 2.45) is 5.73 Å². The van der Waals surface area contributed by atoms with Crippen LogP contribution in [0.4, 0.5) is 0 Å². The molecule has 1 aromatic heterocycles. The maximum atomic E-state index is 9.12. The third kappa shape index (κ3) is 3.53. The molecule has 0 aliphatic carbocycles. The Morgan fingerprint density at radius 3 is 2.90 bits per heavy atom. The summed E-state index contributed by atoms with van der Waals surface area (Å²) in [6, 6.07) is 8.90. The Bertz CT molecular complexity index is 590. The number of halogens is 1. The van der Waals surface area contributed by atoms with Crippen molar-refractivity contribution in [2.75, 3.05) is 6.54 Å². The predicted octanol–water partition coefficient (Wildman–Crippen LogP) is 3.66. The number of hydrogen-bond acceptors (Lipinski definition) is 4. The summed E-state index contributed by atoms with van der Waals surface area (Å²) < 4.78 is 11.0. The minimum atomic E-state index is -0.206. The second-order valence-electron chi connectivity index (χ2n) is 4.35. The van der Waals surface area contributed by atoms with Crippen molar-refractivity contribution in [3.8, 4) is 11.8 Å². The van der Waals surface area contributed by atoms with Crippen LogP contribution in [0.2, 0.25) is 5.02 Å². The van der Waals surface area contributed by atoms with Crippen molar-refractivity contribution in [3.05, 3.63) is 52.9 Å². The van der Waals surface area contributed by atoms with Crippen LogP contribution in [-0.4, -0.2) is 6.54 Å². The topological polar surface area (TPSA) is 72.2 Å². The van der Waals surface area contributed by atoms with Crippen LogP contribution in [0.25, 0.3) is 0 Å². The van der Waals surface area contributed by atoms with E-state index >= 15 is 0 Å². The molecule has 20 heavy (non-hydrogen) atoms. The lowest BCUT2D eigenvalue weighted by Crippen LogP contribution is -2.10. The largest absolute Gasteiger partial charge is 0.484 e. The van der Waals surface area contributed by atoms with Crippen LogP contribution in [0.15, 0.2) is 41.2 Å². The molecule has 5 heteroatoms. The zero-order valence-electron chi connectivity index (χ0n) is 10.9. The van der Waals surface area contributed by atoms with Gasteiger partial charge in [0.2, 0.25) is 0 Å². The maximum absolute atomic E-state index is 9.12. The van der Waals surface area contributed by atoms with E-state index in [1.165, 1.54) is 0 Å². The Morgan fingerprint density at radius 1 is 1.40 bits per heavy atom. The van der Waals surface area contributed by atoms with Gasteiger partial charge in [0.1, 0.15) is 17.9 Å². The first kappa shape index (κ1) is 14.4. The van der Waals surface area contributed by atoms with E-state index in [-0.39, 0.29) is 6.10 Å². The van der Waals surface area contributed by atoms with Gasteiger partial charge in [-0.15, -0.1) is 0 Å². The fourth-order valence-electron chi connectivity index (χ4n) is 1.89. The molecule has 4 nitrogen and oxygen atoms in total. The third-order valence-corrected chi connectivity index (χ3v) is 3.15. The van der Waals surface area contributed by atoms with Crippen LogP contribution in [-0.2, 0) is 0 Å². The number of benzene rings is 1. The van der Waals surface area contributed by atoms with Crippen LogP contribution < -0.4 is 10.5 Å². The van der Waals surface area contributed by atoms with Crippen molar-refractivity contribution >= 4 is 11.6 Å². The fourth-order valence-corrected chi connectivity index (χ4v) is 2.06. The first-order chi connectivity index (χ1) is 9.74. The van der Waals surface area contributed by atoms with Gasteiger partial charge in [0.15, 0.2) is 0 Å². The highest BCUT2D eigenvalue weighted by Gasteiger charge is 2.16. The van der Waals surface area contributed by atoms with E-state index in [2.05, 4.69) is 6.07 Å². The van der Waals surface area contributed by atoms with Gasteiger partial charge >= 0.3 is 0 Å². The molecule has 0 spiro atoms. The molecule has 0 radical (unpaired) electrons. The van der Waals surface area contributed by atoms with Crippen molar-refractivity contribution in [1.29, 1.82) is 5.26 Å². The SMILES string of the molecule is N#Cc1ccc(Cl)cc1OC(CCCN)c1ccoc1. The van der Waals surface area contributed by atoms with Gasteiger partial charge in [0.05, 0.1) is 18.1 Å². The van der Waals surface area contributed by atoms with Gasteiger partial charge < -0.3 is 14.9 Å². The van der Waals surface area contributed by atoms with Gasteiger partial charge in [-0.2, -0.15) is 5.26 Å². The van der Waals surface area contributed by atoms with Gasteiger partial charge in [-0.3, -0.25) is 0 Å². The van der Waals surface area contributed by atoms with Crippen LogP contribution in [0.1, 0.15) is 30.1 Å². The van der Waals surface area contributed by atoms with E-state index in [0.29, 0.717) is 22.9 Å². The summed E-state index contributed by atoms with van der Waals surface area (Å²) in [6.07, 6.45) is 4.59. The Hall–Kier alpha value is -1.96. The van der Waals surface area contributed by atoms with Crippen molar-refractivity contribution in [2.45, 2.75) is 18.9 Å². The van der Waals surface area contributed by atoms with E-state index in [4.69, 9.17) is 31.8 Å². The lowest BCUT2D eigenvalue weighted by molar-refractivity contribution is 0.191. The molecule has 1 unspecified atom stereocenters. The monoisotopic (exact) mass is 290 g/mol. The van der Waals surface area contributed by atoms with Gasteiger partial charge in [0, 0.05) is 16.7 Å². The van der Waals surface area contributed by atoms with Crippen molar-refractivity contribution in [3.63, 3.8) is 0 Å². The molecule has 1 aromatic carbocycles. The molecule has 1 atom stereocenters. The summed E-state index contributed by atoms with van der Waals surface area (Å²) in [5.41, 5.74) is 6.92. The number of rotatable bonds is 6. The molecule has 2 rings (SSSR count). The number of nitrogens with two attached hydrogens (primary N) is 1. The highest BCUT2D eigenvalue weighted by Crippen LogP contribution is 2.30. The third-order valence-electron chi connectivity index (χ3n) is 2.92. The molecule has 2 N–H and O–H groups in total. The van der Waals surface area contributed by atoms with E-state index < -0.39 is 0 Å². The summed E-state index contributed by atoms with van der Waals surface area (Å²) in [7, 11) is 0. The Balaban J connectivity index is 2.24. The second kappa shape index (κ2) is 6.99. The Morgan fingerprint density at radius 2 is 2.25 bits per heavy atom. The van der Waals surface area contributed by atoms with Crippen LogP contribution in [0, 0.1) is 11.3 Å². The average Bonchev–Trinajstić information content (AvgIpc) is 2.97. The molecule has 1 heterocycles. The number of nitrogens with zero attached hydrogens (tertiary/aromatic N) is 1. The molecule has 0 saturated carbocycles. The molecule has 2 aromatic rings. The number of ether oxygens (including phenoxy) is 1. The highest BCUT2D eigenvalue weighted by molar-refractivity contribution is 6.30. The molecule has 0 bridgehead atoms. The molecule has 0 aliphatic heterocycles. The number of nitriles is 1. The molecule has 0 amide bonds. The molecular formula is C15H15ClN2O2. The highest BCUT2D eigenvalue weighted by atomic mass is 35.5. The summed E-state index contributed by atoms with van der Waals surface area (Å²) >= 11 is 5.96. The zero-order valence-corrected chi connectivity index (χ0v) is 11.6. The second-order valence-corrected chi connectivity index (χ2v) is 4.78. The predicted molar refractivity (Wildman–Crippen MR) is 76.5 cm³/mol. The molecule has 0 fully saturated rings. The van der Waals surface area contributed by atoms with Crippen molar-refractivity contribution in [1.82, 2.24) is 0 Å². The lowest BCUT2D eigenvalue weighted by atomic mass is 10.1. The van der Waals surface area contributed by atoms with E-state index in [1.54, 1.807) is 30.7 Å². The van der Waals surface area contributed by atoms with Gasteiger partial charge in [-0.05, 0) is 37.6 Å². The standard InChI is InChI=1S/C15H15ClN2O2/c16-13-4-3-11(9-18)15(8-13)20-14(2-1-6-17)12-5-7-19-10-12/h3-5,7-8,10,14H,1-2,6,17H2. The Labute approximate surface area is 122 Å². The summed E-state index contributed by atoms with van der Waals surface area (Å²) in [5, 5.41) is 9.65. The number of hydrogen-bond donors (Lipinski definition) is 1. The molecule has 0 saturated heterocycles. The quantitative estimate of drug-likeness (QED) is 0.881. The van der Waals surface area contributed by atoms with Gasteiger partial charge in [-0.25, -0.2) is 0 Å². The van der Waals surface area contributed by atoms with Gasteiger partial charge in [0.25, 0.3) is 0 Å². The smallest absolute Gasteiger partial charge is 0.139 e. The summed E-state index contributed by atoms with van der Waals surface area (Å²) in [5.74, 6) is 0.475. The zero-order chi connectivity index (χ0) is 14.4. The number of furan rings is 1. The minimum Gasteiger partial charge on any atom is -0.484 e. The molecule has 104 valence electrons. The summed E-state index contributed by atoms with van der Waals surface area (Å²) in [6.45, 7) is 0.582. The fraction of sp³-hybridized carbons (Fsp3) is 0.267. The van der Waals surface area contributed by atoms with E-state index in [1.807, 2.05) is 6.07 Å². The van der Waals surface area contributed by atoms with E-state index in [0.717, 1.165) is 18.4 Å². The Kier molecular flexibility index (Phi) is 5.05.